The molecule has 1 atom stereocenters. The van der Waals surface area contributed by atoms with Crippen LogP contribution in [0.25, 0.3) is 0 Å². The van der Waals surface area contributed by atoms with Crippen molar-refractivity contribution in [2.45, 2.75) is 33.2 Å². The first-order chi connectivity index (χ1) is 6.11. The van der Waals surface area contributed by atoms with Gasteiger partial charge >= 0.3 is 6.03 Å². The molecular formula is C9H20N2O2. The molecule has 0 rings (SSSR count). The summed E-state index contributed by atoms with van der Waals surface area (Å²) < 4.78 is 0. The number of hydrogen-bond donors (Lipinski definition) is 3. The first kappa shape index (κ1) is 12.2. The second-order valence-corrected chi connectivity index (χ2v) is 3.43. The molecule has 78 valence electrons. The van der Waals surface area contributed by atoms with Crippen LogP contribution < -0.4 is 10.6 Å². The van der Waals surface area contributed by atoms with Crippen molar-refractivity contribution in [2.24, 2.45) is 5.92 Å². The smallest absolute Gasteiger partial charge is 0.315 e. The van der Waals surface area contributed by atoms with Crippen LogP contribution in [0.5, 0.6) is 0 Å². The fourth-order valence-corrected chi connectivity index (χ4v) is 0.881. The van der Waals surface area contributed by atoms with Crippen molar-refractivity contribution in [3.8, 4) is 0 Å². The molecule has 13 heavy (non-hydrogen) atoms. The van der Waals surface area contributed by atoms with E-state index >= 15 is 0 Å². The lowest BCUT2D eigenvalue weighted by atomic mass is 10.1. The Kier molecular flexibility index (Phi) is 6.32. The van der Waals surface area contributed by atoms with Crippen LogP contribution >= 0.6 is 0 Å². The van der Waals surface area contributed by atoms with E-state index in [4.69, 9.17) is 5.11 Å². The molecule has 0 aliphatic rings. The molecule has 1 unspecified atom stereocenters. The van der Waals surface area contributed by atoms with Gasteiger partial charge in [0.2, 0.25) is 0 Å². The molecule has 4 heteroatoms. The van der Waals surface area contributed by atoms with Gasteiger partial charge < -0.3 is 15.7 Å². The third-order valence-electron chi connectivity index (χ3n) is 1.85. The quantitative estimate of drug-likeness (QED) is 0.595. The second-order valence-electron chi connectivity index (χ2n) is 3.43. The molecule has 0 aromatic rings. The highest BCUT2D eigenvalue weighted by Crippen LogP contribution is 1.99. The number of hydrogen-bond acceptors (Lipinski definition) is 2. The van der Waals surface area contributed by atoms with Crippen LogP contribution in [0.1, 0.15) is 27.2 Å². The molecular weight excluding hydrogens is 168 g/mol. The molecule has 2 amide bonds. The van der Waals surface area contributed by atoms with E-state index in [1.54, 1.807) is 0 Å². The summed E-state index contributed by atoms with van der Waals surface area (Å²) in [4.78, 5) is 11.1. The summed E-state index contributed by atoms with van der Waals surface area (Å²) in [7, 11) is 0. The lowest BCUT2D eigenvalue weighted by Gasteiger charge is -2.19. The van der Waals surface area contributed by atoms with E-state index in [2.05, 4.69) is 10.6 Å². The maximum Gasteiger partial charge on any atom is 0.315 e. The molecule has 0 spiro atoms. The first-order valence-electron chi connectivity index (χ1n) is 4.77. The highest BCUT2D eigenvalue weighted by atomic mass is 16.3. The average molecular weight is 188 g/mol. The molecule has 0 aliphatic heterocycles. The summed E-state index contributed by atoms with van der Waals surface area (Å²) in [6.45, 7) is 6.56. The summed E-state index contributed by atoms with van der Waals surface area (Å²) in [5.41, 5.74) is 0. The lowest BCUT2D eigenvalue weighted by Crippen LogP contribution is -2.46. The van der Waals surface area contributed by atoms with Crippen LogP contribution in [-0.4, -0.2) is 30.3 Å². The summed E-state index contributed by atoms with van der Waals surface area (Å²) >= 11 is 0. The van der Waals surface area contributed by atoms with E-state index < -0.39 is 0 Å². The Morgan fingerprint density at radius 2 is 2.08 bits per heavy atom. The summed E-state index contributed by atoms with van der Waals surface area (Å²) in [5.74, 6) is 0.248. The van der Waals surface area contributed by atoms with Crippen molar-refractivity contribution in [1.82, 2.24) is 10.6 Å². The standard InChI is InChI=1S/C9H20N2O2/c1-4-5-10-9(13)11-8(6-12)7(2)3/h7-8,12H,4-6H2,1-3H3,(H2,10,11,13). The molecule has 4 nitrogen and oxygen atoms in total. The van der Waals surface area contributed by atoms with Gasteiger partial charge in [-0.1, -0.05) is 20.8 Å². The molecule has 3 N–H and O–H groups in total. The fourth-order valence-electron chi connectivity index (χ4n) is 0.881. The van der Waals surface area contributed by atoms with Gasteiger partial charge in [-0.3, -0.25) is 0 Å². The van der Waals surface area contributed by atoms with Gasteiger partial charge in [0.05, 0.1) is 12.6 Å². The van der Waals surface area contributed by atoms with Gasteiger partial charge in [-0.2, -0.15) is 0 Å². The van der Waals surface area contributed by atoms with Gasteiger partial charge in [-0.05, 0) is 12.3 Å². The minimum atomic E-state index is -0.199. The predicted molar refractivity (Wildman–Crippen MR) is 52.5 cm³/mol. The first-order valence-corrected chi connectivity index (χ1v) is 4.77. The van der Waals surface area contributed by atoms with E-state index in [1.807, 2.05) is 20.8 Å². The molecule has 0 bridgehead atoms. The third kappa shape index (κ3) is 5.47. The molecule has 0 aliphatic carbocycles. The Bertz CT molecular complexity index is 149. The molecule has 0 heterocycles. The maximum atomic E-state index is 11.1. The van der Waals surface area contributed by atoms with Crippen molar-refractivity contribution >= 4 is 6.03 Å². The summed E-state index contributed by atoms with van der Waals surface area (Å²) in [6, 6.07) is -0.355. The molecule has 0 saturated heterocycles. The maximum absolute atomic E-state index is 11.1. The Labute approximate surface area is 79.7 Å². The van der Waals surface area contributed by atoms with E-state index in [0.29, 0.717) is 6.54 Å². The van der Waals surface area contributed by atoms with Crippen LogP contribution in [-0.2, 0) is 0 Å². The topological polar surface area (TPSA) is 61.4 Å². The predicted octanol–water partition coefficient (Wildman–Crippen LogP) is 0.712. The minimum absolute atomic E-state index is 0.0167. The lowest BCUT2D eigenvalue weighted by molar-refractivity contribution is 0.198. The van der Waals surface area contributed by atoms with Crippen molar-refractivity contribution in [3.05, 3.63) is 0 Å². The number of nitrogens with one attached hydrogen (secondary N) is 2. The average Bonchev–Trinajstić information content (AvgIpc) is 2.10. The van der Waals surface area contributed by atoms with Gasteiger partial charge in [-0.15, -0.1) is 0 Å². The number of aliphatic hydroxyl groups excluding tert-OH is 1. The van der Waals surface area contributed by atoms with Crippen LogP contribution in [0.4, 0.5) is 4.79 Å². The van der Waals surface area contributed by atoms with Crippen molar-refractivity contribution in [3.63, 3.8) is 0 Å². The number of rotatable bonds is 5. The molecule has 0 saturated carbocycles. The highest BCUT2D eigenvalue weighted by molar-refractivity contribution is 5.74. The van der Waals surface area contributed by atoms with E-state index in [9.17, 15) is 4.79 Å². The van der Waals surface area contributed by atoms with Crippen LogP contribution in [0.2, 0.25) is 0 Å². The van der Waals surface area contributed by atoms with E-state index in [-0.39, 0.29) is 24.6 Å². The van der Waals surface area contributed by atoms with E-state index in [0.717, 1.165) is 6.42 Å². The Morgan fingerprint density at radius 3 is 2.46 bits per heavy atom. The SMILES string of the molecule is CCCNC(=O)NC(CO)C(C)C. The normalized spacial score (nSPS) is 12.7. The fraction of sp³-hybridized carbons (Fsp3) is 0.889. The number of carbonyl (C=O) groups is 1. The van der Waals surface area contributed by atoms with Crippen LogP contribution in [0, 0.1) is 5.92 Å². The van der Waals surface area contributed by atoms with Gasteiger partial charge in [0.15, 0.2) is 0 Å². The second kappa shape index (κ2) is 6.71. The van der Waals surface area contributed by atoms with Gasteiger partial charge in [0.1, 0.15) is 0 Å². The van der Waals surface area contributed by atoms with Crippen molar-refractivity contribution in [1.29, 1.82) is 0 Å². The van der Waals surface area contributed by atoms with Gasteiger partial charge in [0, 0.05) is 6.54 Å². The molecule has 0 fully saturated rings. The zero-order valence-electron chi connectivity index (χ0n) is 8.63. The minimum Gasteiger partial charge on any atom is -0.394 e. The Balaban J connectivity index is 3.73. The van der Waals surface area contributed by atoms with E-state index in [1.165, 1.54) is 0 Å². The van der Waals surface area contributed by atoms with Gasteiger partial charge in [-0.25, -0.2) is 4.79 Å². The van der Waals surface area contributed by atoms with Crippen LogP contribution in [0.3, 0.4) is 0 Å². The molecule has 0 aromatic heterocycles. The van der Waals surface area contributed by atoms with Crippen molar-refractivity contribution < 1.29 is 9.90 Å². The summed E-state index contributed by atoms with van der Waals surface area (Å²) in [6.07, 6.45) is 0.916. The zero-order chi connectivity index (χ0) is 10.3. The number of amides is 2. The number of aliphatic hydroxyl groups is 1. The number of carbonyl (C=O) groups excluding carboxylic acids is 1. The Morgan fingerprint density at radius 1 is 1.46 bits per heavy atom. The molecule has 0 radical (unpaired) electrons. The third-order valence-corrected chi connectivity index (χ3v) is 1.85. The number of urea groups is 1. The Hall–Kier alpha value is -0.770. The monoisotopic (exact) mass is 188 g/mol. The largest absolute Gasteiger partial charge is 0.394 e. The highest BCUT2D eigenvalue weighted by Gasteiger charge is 2.13. The summed E-state index contributed by atoms with van der Waals surface area (Å²) in [5, 5.41) is 14.3. The molecule has 0 aromatic carbocycles. The van der Waals surface area contributed by atoms with Crippen LogP contribution in [0.15, 0.2) is 0 Å². The van der Waals surface area contributed by atoms with Crippen molar-refractivity contribution in [2.75, 3.05) is 13.2 Å². The zero-order valence-corrected chi connectivity index (χ0v) is 8.63. The van der Waals surface area contributed by atoms with Gasteiger partial charge in [0.25, 0.3) is 0 Å².